The first-order valence-corrected chi connectivity index (χ1v) is 8.97. The standard InChI is InChI=1S/C17H17Cl2N3O3/c18-10-2-1-3-11-13(10)14(19)15(20-11)17(24)22-7-5-21(6-8-22)16(23)12-4-9-25-12/h1-3,12,20H,4-9H2/t12-/m1/s1. The summed E-state index contributed by atoms with van der Waals surface area (Å²) in [6, 6.07) is 5.38. The van der Waals surface area contributed by atoms with Crippen molar-refractivity contribution in [1.82, 2.24) is 14.8 Å². The Balaban J connectivity index is 1.48. The Bertz CT molecular complexity index is 839. The molecule has 2 aliphatic rings. The van der Waals surface area contributed by atoms with Crippen molar-refractivity contribution in [1.29, 1.82) is 0 Å². The van der Waals surface area contributed by atoms with Gasteiger partial charge in [0.1, 0.15) is 11.8 Å². The molecule has 1 N–H and O–H groups in total. The van der Waals surface area contributed by atoms with Crippen molar-refractivity contribution in [3.63, 3.8) is 0 Å². The molecule has 0 radical (unpaired) electrons. The Labute approximate surface area is 154 Å². The molecular weight excluding hydrogens is 365 g/mol. The molecule has 0 bridgehead atoms. The highest BCUT2D eigenvalue weighted by Crippen LogP contribution is 2.33. The van der Waals surface area contributed by atoms with Crippen LogP contribution < -0.4 is 0 Å². The fourth-order valence-corrected chi connectivity index (χ4v) is 3.88. The van der Waals surface area contributed by atoms with Crippen LogP contribution in [0.1, 0.15) is 16.9 Å². The summed E-state index contributed by atoms with van der Waals surface area (Å²) in [5.41, 5.74) is 1.07. The minimum absolute atomic E-state index is 0.0220. The van der Waals surface area contributed by atoms with Gasteiger partial charge in [-0.3, -0.25) is 9.59 Å². The summed E-state index contributed by atoms with van der Waals surface area (Å²) in [7, 11) is 0. The molecule has 1 atom stereocenters. The largest absolute Gasteiger partial charge is 0.368 e. The highest BCUT2D eigenvalue weighted by atomic mass is 35.5. The van der Waals surface area contributed by atoms with E-state index in [0.29, 0.717) is 53.9 Å². The van der Waals surface area contributed by atoms with E-state index in [-0.39, 0.29) is 17.9 Å². The van der Waals surface area contributed by atoms with Crippen LogP contribution in [0.2, 0.25) is 10.0 Å². The van der Waals surface area contributed by atoms with E-state index in [4.69, 9.17) is 27.9 Å². The molecule has 132 valence electrons. The van der Waals surface area contributed by atoms with Crippen molar-refractivity contribution in [2.24, 2.45) is 0 Å². The summed E-state index contributed by atoms with van der Waals surface area (Å²) < 4.78 is 5.24. The average Bonchev–Trinajstić information content (AvgIpc) is 2.91. The second kappa shape index (κ2) is 6.52. The molecule has 0 unspecified atom stereocenters. The third-order valence-corrected chi connectivity index (χ3v) is 5.47. The van der Waals surface area contributed by atoms with Gasteiger partial charge in [0.05, 0.1) is 16.7 Å². The van der Waals surface area contributed by atoms with E-state index in [9.17, 15) is 9.59 Å². The first kappa shape index (κ1) is 16.7. The van der Waals surface area contributed by atoms with E-state index in [1.807, 2.05) is 6.07 Å². The first-order chi connectivity index (χ1) is 12.1. The number of hydrogen-bond donors (Lipinski definition) is 1. The molecule has 8 heteroatoms. The zero-order valence-corrected chi connectivity index (χ0v) is 14.9. The van der Waals surface area contributed by atoms with Crippen LogP contribution in [0.3, 0.4) is 0 Å². The smallest absolute Gasteiger partial charge is 0.271 e. The van der Waals surface area contributed by atoms with Crippen LogP contribution in [0.25, 0.3) is 10.9 Å². The molecule has 4 rings (SSSR count). The third-order valence-electron chi connectivity index (χ3n) is 4.78. The summed E-state index contributed by atoms with van der Waals surface area (Å²) in [5, 5.41) is 1.51. The molecule has 2 amide bonds. The van der Waals surface area contributed by atoms with Crippen LogP contribution >= 0.6 is 23.2 Å². The number of aromatic amines is 1. The lowest BCUT2D eigenvalue weighted by Gasteiger charge is -2.38. The molecule has 2 fully saturated rings. The molecule has 3 heterocycles. The van der Waals surface area contributed by atoms with E-state index < -0.39 is 0 Å². The van der Waals surface area contributed by atoms with Gasteiger partial charge in [-0.2, -0.15) is 0 Å². The first-order valence-electron chi connectivity index (χ1n) is 8.21. The SMILES string of the molecule is O=C(c1[nH]c2cccc(Cl)c2c1Cl)N1CCN(C(=O)[C@H]2CCO2)CC1. The lowest BCUT2D eigenvalue weighted by Crippen LogP contribution is -2.54. The number of benzene rings is 1. The Morgan fingerprint density at radius 3 is 2.40 bits per heavy atom. The summed E-state index contributed by atoms with van der Waals surface area (Å²) >= 11 is 12.6. The van der Waals surface area contributed by atoms with Gasteiger partial charge in [0.2, 0.25) is 0 Å². The number of H-pyrrole nitrogens is 1. The number of nitrogens with one attached hydrogen (secondary N) is 1. The number of nitrogens with zero attached hydrogens (tertiary/aromatic N) is 2. The second-order valence-electron chi connectivity index (χ2n) is 6.24. The van der Waals surface area contributed by atoms with E-state index in [1.54, 1.807) is 21.9 Å². The lowest BCUT2D eigenvalue weighted by atomic mass is 10.1. The maximum Gasteiger partial charge on any atom is 0.271 e. The zero-order valence-electron chi connectivity index (χ0n) is 13.4. The van der Waals surface area contributed by atoms with Gasteiger partial charge >= 0.3 is 0 Å². The number of halogens is 2. The molecule has 6 nitrogen and oxygen atoms in total. The number of carbonyl (C=O) groups is 2. The van der Waals surface area contributed by atoms with E-state index in [2.05, 4.69) is 4.98 Å². The van der Waals surface area contributed by atoms with Gasteiger partial charge in [-0.05, 0) is 12.1 Å². The highest BCUT2D eigenvalue weighted by Gasteiger charge is 2.33. The number of piperazine rings is 1. The van der Waals surface area contributed by atoms with E-state index in [1.165, 1.54) is 0 Å². The van der Waals surface area contributed by atoms with Crippen LogP contribution in [0, 0.1) is 0 Å². The maximum absolute atomic E-state index is 12.8. The van der Waals surface area contributed by atoms with E-state index >= 15 is 0 Å². The number of ether oxygens (including phenoxy) is 1. The fraction of sp³-hybridized carbons (Fsp3) is 0.412. The molecule has 1 aromatic heterocycles. The second-order valence-corrected chi connectivity index (χ2v) is 7.03. The van der Waals surface area contributed by atoms with Crippen molar-refractivity contribution >= 4 is 45.9 Å². The normalized spacial score (nSPS) is 20.6. The molecule has 1 aromatic carbocycles. The topological polar surface area (TPSA) is 65.6 Å². The van der Waals surface area contributed by atoms with Crippen molar-refractivity contribution in [2.45, 2.75) is 12.5 Å². The van der Waals surface area contributed by atoms with Gasteiger partial charge in [0, 0.05) is 43.5 Å². The van der Waals surface area contributed by atoms with Gasteiger partial charge in [-0.25, -0.2) is 0 Å². The van der Waals surface area contributed by atoms with Gasteiger partial charge in [-0.15, -0.1) is 0 Å². The van der Waals surface area contributed by atoms with E-state index in [0.717, 1.165) is 11.9 Å². The summed E-state index contributed by atoms with van der Waals surface area (Å²) in [4.78, 5) is 31.5. The summed E-state index contributed by atoms with van der Waals surface area (Å²) in [6.45, 7) is 2.59. The number of hydrogen-bond acceptors (Lipinski definition) is 3. The Hall–Kier alpha value is -1.76. The number of aromatic nitrogens is 1. The van der Waals surface area contributed by atoms with Crippen molar-refractivity contribution in [2.75, 3.05) is 32.8 Å². The number of fused-ring (bicyclic) bond motifs is 1. The Kier molecular flexibility index (Phi) is 4.35. The number of amides is 2. The van der Waals surface area contributed by atoms with Crippen molar-refractivity contribution in [3.8, 4) is 0 Å². The highest BCUT2D eigenvalue weighted by molar-refractivity contribution is 6.44. The molecule has 0 spiro atoms. The van der Waals surface area contributed by atoms with Crippen LogP contribution in [0.15, 0.2) is 18.2 Å². The summed E-state index contributed by atoms with van der Waals surface area (Å²) in [6.07, 6.45) is 0.483. The van der Waals surface area contributed by atoms with Crippen LogP contribution in [-0.2, 0) is 9.53 Å². The Morgan fingerprint density at radius 1 is 1.12 bits per heavy atom. The molecule has 0 aliphatic carbocycles. The molecule has 2 aromatic rings. The fourth-order valence-electron chi connectivity index (χ4n) is 3.24. The quantitative estimate of drug-likeness (QED) is 0.868. The van der Waals surface area contributed by atoms with Gasteiger partial charge in [0.25, 0.3) is 11.8 Å². The summed E-state index contributed by atoms with van der Waals surface area (Å²) in [5.74, 6) is -0.155. The minimum Gasteiger partial charge on any atom is -0.368 e. The van der Waals surface area contributed by atoms with Gasteiger partial charge in [-0.1, -0.05) is 29.3 Å². The molecule has 0 saturated carbocycles. The predicted molar refractivity (Wildman–Crippen MR) is 95.2 cm³/mol. The number of carbonyl (C=O) groups excluding carboxylic acids is 2. The lowest BCUT2D eigenvalue weighted by molar-refractivity contribution is -0.157. The van der Waals surface area contributed by atoms with Gasteiger partial charge < -0.3 is 19.5 Å². The van der Waals surface area contributed by atoms with Gasteiger partial charge in [0.15, 0.2) is 0 Å². The third kappa shape index (κ3) is 2.88. The maximum atomic E-state index is 12.8. The predicted octanol–water partition coefficient (Wildman–Crippen LogP) is 2.55. The van der Waals surface area contributed by atoms with Crippen LogP contribution in [-0.4, -0.2) is 65.5 Å². The van der Waals surface area contributed by atoms with Crippen molar-refractivity contribution in [3.05, 3.63) is 33.9 Å². The monoisotopic (exact) mass is 381 g/mol. The molecule has 2 aliphatic heterocycles. The van der Waals surface area contributed by atoms with Crippen LogP contribution in [0.4, 0.5) is 0 Å². The molecular formula is C17H17Cl2N3O3. The number of rotatable bonds is 2. The minimum atomic E-state index is -0.299. The average molecular weight is 382 g/mol. The van der Waals surface area contributed by atoms with Crippen molar-refractivity contribution < 1.29 is 14.3 Å². The zero-order chi connectivity index (χ0) is 17.6. The Morgan fingerprint density at radius 2 is 1.80 bits per heavy atom. The molecule has 25 heavy (non-hydrogen) atoms. The molecule has 2 saturated heterocycles. The van der Waals surface area contributed by atoms with Crippen LogP contribution in [0.5, 0.6) is 0 Å².